The van der Waals surface area contributed by atoms with Crippen molar-refractivity contribution in [2.75, 3.05) is 30.5 Å². The number of hydrogen-bond acceptors (Lipinski definition) is 13. The van der Waals surface area contributed by atoms with Gasteiger partial charge in [-0.2, -0.15) is 40.6 Å². The Morgan fingerprint density at radius 2 is 1.20 bits per heavy atom. The van der Waals surface area contributed by atoms with Crippen molar-refractivity contribution in [3.63, 3.8) is 0 Å². The van der Waals surface area contributed by atoms with Crippen LogP contribution in [-0.4, -0.2) is 63.6 Å². The van der Waals surface area contributed by atoms with Gasteiger partial charge in [0.05, 0.1) is 47.5 Å². The maximum absolute atomic E-state index is 11.9. The third-order valence-electron chi connectivity index (χ3n) is 6.86. The number of rotatable bonds is 15. The van der Waals surface area contributed by atoms with E-state index in [9.17, 15) is 29.8 Å². The largest absolute Gasteiger partial charge is 0.491 e. The summed E-state index contributed by atoms with van der Waals surface area (Å²) in [5.74, 6) is -0.640. The summed E-state index contributed by atoms with van der Waals surface area (Å²) in [6.07, 6.45) is -0.0145. The zero-order valence-corrected chi connectivity index (χ0v) is 28.7. The molecule has 0 amide bonds. The van der Waals surface area contributed by atoms with Gasteiger partial charge in [-0.3, -0.25) is 13.7 Å². The molecule has 4 aromatic carbocycles. The van der Waals surface area contributed by atoms with E-state index in [0.717, 1.165) is 0 Å². The van der Waals surface area contributed by atoms with Crippen molar-refractivity contribution < 1.29 is 48.4 Å². The highest BCUT2D eigenvalue weighted by atomic mass is 32.2. The minimum atomic E-state index is -4.50. The molecule has 0 saturated heterocycles. The number of nitrogens with two attached hydrogens (primary N) is 1. The number of nitrogens with zero attached hydrogens (tertiary/aromatic N) is 4. The predicted octanol–water partition coefficient (Wildman–Crippen LogP) is 6.43. The first-order valence-electron chi connectivity index (χ1n) is 14.4. The van der Waals surface area contributed by atoms with Gasteiger partial charge in [0.1, 0.15) is 22.1 Å². The monoisotopic (exact) mass is 735 g/mol. The van der Waals surface area contributed by atoms with Gasteiger partial charge in [-0.25, -0.2) is 0 Å². The van der Waals surface area contributed by atoms with E-state index in [-0.39, 0.29) is 64.9 Å². The van der Waals surface area contributed by atoms with E-state index < -0.39 is 41.9 Å². The van der Waals surface area contributed by atoms with Crippen LogP contribution in [0.4, 0.5) is 28.4 Å². The van der Waals surface area contributed by atoms with Crippen LogP contribution in [0.15, 0.2) is 86.0 Å². The number of benzene rings is 4. The maximum atomic E-state index is 11.9. The number of anilines is 1. The van der Waals surface area contributed by atoms with E-state index in [1.54, 1.807) is 44.2 Å². The molecule has 19 heteroatoms. The Morgan fingerprint density at radius 1 is 0.653 bits per heavy atom. The second-order valence-corrected chi connectivity index (χ2v) is 15.3. The van der Waals surface area contributed by atoms with Gasteiger partial charge in [-0.1, -0.05) is 18.2 Å². The van der Waals surface area contributed by atoms with E-state index in [1.807, 2.05) is 0 Å². The summed E-state index contributed by atoms with van der Waals surface area (Å²) in [5.41, 5.74) is 8.75. The van der Waals surface area contributed by atoms with E-state index in [2.05, 4.69) is 20.5 Å². The first-order chi connectivity index (χ1) is 22.9. The van der Waals surface area contributed by atoms with Crippen molar-refractivity contribution in [1.29, 1.82) is 0 Å². The van der Waals surface area contributed by atoms with Crippen LogP contribution in [0.5, 0.6) is 11.5 Å². The van der Waals surface area contributed by atoms with Gasteiger partial charge in [0.25, 0.3) is 30.4 Å². The van der Waals surface area contributed by atoms with Gasteiger partial charge in [0.15, 0.2) is 0 Å². The molecular weight excluding hydrogens is 703 g/mol. The first kappa shape index (κ1) is 37.3. The topological polar surface area (TPSA) is 257 Å². The minimum absolute atomic E-state index is 0.0245. The smallest absolute Gasteiger partial charge is 0.295 e. The second-order valence-electron chi connectivity index (χ2n) is 10.8. The molecule has 0 aromatic heterocycles. The molecule has 0 bridgehead atoms. The molecule has 0 radical (unpaired) electrons. The van der Waals surface area contributed by atoms with Gasteiger partial charge in [-0.15, -0.1) is 5.11 Å². The molecule has 0 atom stereocenters. The fourth-order valence-electron chi connectivity index (χ4n) is 4.48. The molecule has 4 aromatic rings. The van der Waals surface area contributed by atoms with Crippen molar-refractivity contribution in [3.8, 4) is 11.5 Å². The zero-order chi connectivity index (χ0) is 36.0. The average Bonchev–Trinajstić information content (AvgIpc) is 3.00. The first-order valence-corrected chi connectivity index (χ1v) is 19.1. The summed E-state index contributed by atoms with van der Waals surface area (Å²) >= 11 is 0. The molecule has 0 aliphatic heterocycles. The Bertz CT molecular complexity index is 2260. The molecule has 0 aliphatic rings. The lowest BCUT2D eigenvalue weighted by Crippen LogP contribution is -2.09. The average molecular weight is 736 g/mol. The Kier molecular flexibility index (Phi) is 11.7. The molecule has 0 aliphatic carbocycles. The summed E-state index contributed by atoms with van der Waals surface area (Å²) in [6.45, 7) is 3.30. The number of ether oxygens (including phenoxy) is 2. The van der Waals surface area contributed by atoms with E-state index in [4.69, 9.17) is 24.3 Å². The van der Waals surface area contributed by atoms with E-state index in [0.29, 0.717) is 27.9 Å². The SMILES string of the molecule is Cc1cc(N=Nc2cc(OCCCS(=O)(=O)O)c(N)cc2C)c(OCCCS(=O)(=O)O)cc1N=Nc1ccc2cccc(S(=O)(=O)O)c2c1. The molecule has 0 unspecified atom stereocenters. The minimum Gasteiger partial charge on any atom is -0.491 e. The normalized spacial score (nSPS) is 12.7. The predicted molar refractivity (Wildman–Crippen MR) is 182 cm³/mol. The highest BCUT2D eigenvalue weighted by Crippen LogP contribution is 2.38. The van der Waals surface area contributed by atoms with Crippen LogP contribution >= 0.6 is 0 Å². The Hall–Kier alpha value is -4.53. The molecular formula is C30H33N5O11S3. The third kappa shape index (κ3) is 11.0. The van der Waals surface area contributed by atoms with Gasteiger partial charge in [-0.05, 0) is 73.5 Å². The molecule has 0 heterocycles. The molecule has 5 N–H and O–H groups in total. The van der Waals surface area contributed by atoms with Crippen molar-refractivity contribution in [3.05, 3.63) is 71.8 Å². The van der Waals surface area contributed by atoms with Crippen LogP contribution in [0.2, 0.25) is 0 Å². The second kappa shape index (κ2) is 15.3. The molecule has 4 rings (SSSR count). The lowest BCUT2D eigenvalue weighted by Gasteiger charge is -2.12. The van der Waals surface area contributed by atoms with Crippen molar-refractivity contribution >= 4 is 69.6 Å². The fraction of sp³-hybridized carbons (Fsp3) is 0.267. The number of azo groups is 2. The number of nitrogen functional groups attached to an aromatic ring is 1. The molecule has 16 nitrogen and oxygen atoms in total. The quantitative estimate of drug-likeness (QED) is 0.0446. The number of fused-ring (bicyclic) bond motifs is 1. The van der Waals surface area contributed by atoms with Crippen LogP contribution in [0.1, 0.15) is 24.0 Å². The lowest BCUT2D eigenvalue weighted by atomic mass is 10.1. The number of hydrogen-bond donors (Lipinski definition) is 4. The van der Waals surface area contributed by atoms with Crippen LogP contribution in [0, 0.1) is 13.8 Å². The Morgan fingerprint density at radius 3 is 1.82 bits per heavy atom. The highest BCUT2D eigenvalue weighted by Gasteiger charge is 2.15. The maximum Gasteiger partial charge on any atom is 0.295 e. The molecule has 0 spiro atoms. The Labute approximate surface area is 282 Å². The number of aryl methyl sites for hydroxylation is 2. The van der Waals surface area contributed by atoms with Crippen molar-refractivity contribution in [1.82, 2.24) is 0 Å². The highest BCUT2D eigenvalue weighted by molar-refractivity contribution is 7.86. The molecule has 262 valence electrons. The van der Waals surface area contributed by atoms with Crippen LogP contribution in [0.25, 0.3) is 10.8 Å². The van der Waals surface area contributed by atoms with Crippen molar-refractivity contribution in [2.24, 2.45) is 20.5 Å². The Balaban J connectivity index is 1.65. The van der Waals surface area contributed by atoms with Crippen LogP contribution < -0.4 is 15.2 Å². The van der Waals surface area contributed by atoms with Gasteiger partial charge in [0.2, 0.25) is 0 Å². The summed E-state index contributed by atoms with van der Waals surface area (Å²) < 4.78 is 107. The molecule has 0 saturated carbocycles. The third-order valence-corrected chi connectivity index (χ3v) is 9.38. The summed E-state index contributed by atoms with van der Waals surface area (Å²) in [6, 6.07) is 15.4. The van der Waals surface area contributed by atoms with Crippen LogP contribution in [0.3, 0.4) is 0 Å². The van der Waals surface area contributed by atoms with Crippen molar-refractivity contribution in [2.45, 2.75) is 31.6 Å². The zero-order valence-electron chi connectivity index (χ0n) is 26.2. The van der Waals surface area contributed by atoms with Gasteiger partial charge < -0.3 is 15.2 Å². The van der Waals surface area contributed by atoms with Crippen LogP contribution in [-0.2, 0) is 30.4 Å². The van der Waals surface area contributed by atoms with Gasteiger partial charge in [0, 0.05) is 17.5 Å². The molecule has 49 heavy (non-hydrogen) atoms. The van der Waals surface area contributed by atoms with Gasteiger partial charge >= 0.3 is 0 Å². The fourth-order valence-corrected chi connectivity index (χ4v) is 6.15. The summed E-state index contributed by atoms with van der Waals surface area (Å²) in [5, 5.41) is 18.0. The van der Waals surface area contributed by atoms with E-state index in [1.165, 1.54) is 30.3 Å². The summed E-state index contributed by atoms with van der Waals surface area (Å²) in [7, 11) is -12.9. The van der Waals surface area contributed by atoms with E-state index >= 15 is 0 Å². The standard InChI is InChI=1S/C30H33N5O11S3/c1-19-14-24(31)28(45-10-4-12-47(36,37)38)17-25(19)34-35-27-15-20(2)26(18-29(27)46-11-5-13-48(39,40)41)33-32-22-9-8-21-6-3-7-30(23(21)16-22)49(42,43)44/h3,6-9,14-18H,4-5,10-13,31H2,1-2H3,(H,36,37,38)(H,39,40,41)(H,42,43,44). The summed E-state index contributed by atoms with van der Waals surface area (Å²) in [4.78, 5) is -0.277. The molecule has 0 fully saturated rings. The lowest BCUT2D eigenvalue weighted by molar-refractivity contribution is 0.317.